The van der Waals surface area contributed by atoms with Gasteiger partial charge in [0.25, 0.3) is 0 Å². The third-order valence-electron chi connectivity index (χ3n) is 5.53. The Bertz CT molecular complexity index is 587. The summed E-state index contributed by atoms with van der Waals surface area (Å²) in [5.74, 6) is 1.07. The molecule has 4 nitrogen and oxygen atoms in total. The van der Waals surface area contributed by atoms with E-state index in [4.69, 9.17) is 14.2 Å². The number of methoxy groups -OCH3 is 2. The van der Waals surface area contributed by atoms with Crippen LogP contribution in [0.5, 0.6) is 11.5 Å². The highest BCUT2D eigenvalue weighted by Gasteiger charge is 2.02. The second-order valence-corrected chi connectivity index (χ2v) is 8.24. The first kappa shape index (κ1) is 27.1. The molecule has 0 bridgehead atoms. The summed E-state index contributed by atoms with van der Waals surface area (Å²) in [5, 5.41) is 0. The van der Waals surface area contributed by atoms with E-state index >= 15 is 0 Å². The Hall–Kier alpha value is -1.97. The Morgan fingerprint density at radius 3 is 1.61 bits per heavy atom. The molecule has 0 N–H and O–H groups in total. The predicted molar refractivity (Wildman–Crippen MR) is 130 cm³/mol. The van der Waals surface area contributed by atoms with Crippen molar-refractivity contribution >= 4 is 12.0 Å². The van der Waals surface area contributed by atoms with Crippen LogP contribution in [0.1, 0.15) is 102 Å². The minimum absolute atomic E-state index is 0.309. The third-order valence-corrected chi connectivity index (χ3v) is 5.53. The maximum Gasteiger partial charge on any atom is 0.330 e. The lowest BCUT2D eigenvalue weighted by Crippen LogP contribution is -2.02. The van der Waals surface area contributed by atoms with Crippen molar-refractivity contribution in [3.63, 3.8) is 0 Å². The van der Waals surface area contributed by atoms with E-state index < -0.39 is 0 Å². The van der Waals surface area contributed by atoms with Gasteiger partial charge in [-0.1, -0.05) is 90.4 Å². The summed E-state index contributed by atoms with van der Waals surface area (Å²) < 4.78 is 15.8. The molecule has 0 aliphatic carbocycles. The van der Waals surface area contributed by atoms with Gasteiger partial charge in [-0.2, -0.15) is 0 Å². The van der Waals surface area contributed by atoms with Gasteiger partial charge in [0, 0.05) is 12.1 Å². The molecule has 0 unspecified atom stereocenters. The van der Waals surface area contributed by atoms with Crippen molar-refractivity contribution in [2.45, 2.75) is 96.8 Å². The Morgan fingerprint density at radius 2 is 1.16 bits per heavy atom. The molecule has 0 spiro atoms. The van der Waals surface area contributed by atoms with Crippen LogP contribution in [0.3, 0.4) is 0 Å². The zero-order chi connectivity index (χ0) is 22.6. The lowest BCUT2D eigenvalue weighted by Gasteiger charge is -2.06. The Kier molecular flexibility index (Phi) is 16.4. The van der Waals surface area contributed by atoms with Crippen LogP contribution in [-0.4, -0.2) is 26.8 Å². The van der Waals surface area contributed by atoms with Gasteiger partial charge in [-0.05, 0) is 30.2 Å². The SMILES string of the molecule is CCCCCCCCCCCCCCCCOC(=O)/C=C/c1cc(OC)cc(OC)c1. The number of benzene rings is 1. The molecule has 1 rings (SSSR count). The van der Waals surface area contributed by atoms with Crippen LogP contribution in [0.4, 0.5) is 0 Å². The normalized spacial score (nSPS) is 11.1. The van der Waals surface area contributed by atoms with Crippen LogP contribution in [-0.2, 0) is 9.53 Å². The van der Waals surface area contributed by atoms with Crippen molar-refractivity contribution < 1.29 is 19.0 Å². The van der Waals surface area contributed by atoms with Crippen molar-refractivity contribution in [3.8, 4) is 11.5 Å². The summed E-state index contributed by atoms with van der Waals surface area (Å²) in [5.41, 5.74) is 0.838. The largest absolute Gasteiger partial charge is 0.497 e. The summed E-state index contributed by atoms with van der Waals surface area (Å²) in [6.45, 7) is 2.76. The zero-order valence-electron chi connectivity index (χ0n) is 20.1. The standard InChI is InChI=1S/C27H44O4/c1-4-5-6-7-8-9-10-11-12-13-14-15-16-17-20-31-27(28)19-18-24-21-25(29-2)23-26(22-24)30-3/h18-19,21-23H,4-17,20H2,1-3H3/b19-18+. The highest BCUT2D eigenvalue weighted by atomic mass is 16.5. The molecule has 0 radical (unpaired) electrons. The second kappa shape index (κ2) is 18.8. The molecule has 0 aliphatic heterocycles. The van der Waals surface area contributed by atoms with Crippen molar-refractivity contribution in [2.75, 3.05) is 20.8 Å². The van der Waals surface area contributed by atoms with Gasteiger partial charge in [0.05, 0.1) is 20.8 Å². The fraction of sp³-hybridized carbons (Fsp3) is 0.667. The van der Waals surface area contributed by atoms with Crippen LogP contribution in [0.2, 0.25) is 0 Å². The molecule has 176 valence electrons. The van der Waals surface area contributed by atoms with Crippen molar-refractivity contribution in [2.24, 2.45) is 0 Å². The lowest BCUT2D eigenvalue weighted by molar-refractivity contribution is -0.137. The summed E-state index contributed by atoms with van der Waals surface area (Å²) in [6, 6.07) is 5.49. The minimum Gasteiger partial charge on any atom is -0.497 e. The Labute approximate surface area is 190 Å². The molecule has 0 atom stereocenters. The van der Waals surface area contributed by atoms with Gasteiger partial charge >= 0.3 is 5.97 Å². The lowest BCUT2D eigenvalue weighted by atomic mass is 10.0. The zero-order valence-corrected chi connectivity index (χ0v) is 20.1. The van der Waals surface area contributed by atoms with E-state index in [1.54, 1.807) is 26.4 Å². The summed E-state index contributed by atoms with van der Waals surface area (Å²) in [6.07, 6.45) is 21.6. The van der Waals surface area contributed by atoms with E-state index in [1.807, 2.05) is 12.1 Å². The fourth-order valence-corrected chi connectivity index (χ4v) is 3.61. The first-order valence-corrected chi connectivity index (χ1v) is 12.3. The molecule has 31 heavy (non-hydrogen) atoms. The van der Waals surface area contributed by atoms with E-state index in [2.05, 4.69) is 6.92 Å². The number of unbranched alkanes of at least 4 members (excludes halogenated alkanes) is 13. The van der Waals surface area contributed by atoms with Crippen molar-refractivity contribution in [1.82, 2.24) is 0 Å². The smallest absolute Gasteiger partial charge is 0.330 e. The molecule has 0 aromatic heterocycles. The molecule has 0 heterocycles. The average Bonchev–Trinajstić information content (AvgIpc) is 2.79. The van der Waals surface area contributed by atoms with E-state index in [0.29, 0.717) is 18.1 Å². The number of hydrogen-bond acceptors (Lipinski definition) is 4. The van der Waals surface area contributed by atoms with Crippen LogP contribution in [0.15, 0.2) is 24.3 Å². The van der Waals surface area contributed by atoms with Crippen LogP contribution >= 0.6 is 0 Å². The Balaban J connectivity index is 1.99. The van der Waals surface area contributed by atoms with Gasteiger partial charge in [-0.3, -0.25) is 0 Å². The van der Waals surface area contributed by atoms with Gasteiger partial charge in [0.1, 0.15) is 11.5 Å². The van der Waals surface area contributed by atoms with E-state index in [1.165, 1.54) is 83.1 Å². The Morgan fingerprint density at radius 1 is 0.710 bits per heavy atom. The number of carbonyl (C=O) groups excluding carboxylic acids is 1. The average molecular weight is 433 g/mol. The molecule has 4 heteroatoms. The predicted octanol–water partition coefficient (Wildman–Crippen LogP) is 7.74. The maximum atomic E-state index is 11.9. The second-order valence-electron chi connectivity index (χ2n) is 8.24. The summed E-state index contributed by atoms with van der Waals surface area (Å²) >= 11 is 0. The van der Waals surface area contributed by atoms with Gasteiger partial charge in [-0.25, -0.2) is 4.79 Å². The van der Waals surface area contributed by atoms with Crippen molar-refractivity contribution in [3.05, 3.63) is 29.8 Å². The summed E-state index contributed by atoms with van der Waals surface area (Å²) in [7, 11) is 3.21. The number of rotatable bonds is 19. The van der Waals surface area contributed by atoms with Gasteiger partial charge in [0.2, 0.25) is 0 Å². The molecule has 1 aromatic carbocycles. The molecule has 0 aliphatic rings. The number of ether oxygens (including phenoxy) is 3. The molecule has 0 saturated carbocycles. The van der Waals surface area contributed by atoms with E-state index in [0.717, 1.165) is 18.4 Å². The minimum atomic E-state index is -0.309. The van der Waals surface area contributed by atoms with Crippen molar-refractivity contribution in [1.29, 1.82) is 0 Å². The molecule has 0 saturated heterocycles. The van der Waals surface area contributed by atoms with Gasteiger partial charge in [-0.15, -0.1) is 0 Å². The highest BCUT2D eigenvalue weighted by Crippen LogP contribution is 2.23. The number of esters is 1. The number of carbonyl (C=O) groups is 1. The third kappa shape index (κ3) is 14.6. The maximum absolute atomic E-state index is 11.9. The summed E-state index contributed by atoms with van der Waals surface area (Å²) in [4.78, 5) is 11.9. The topological polar surface area (TPSA) is 44.8 Å². The molecule has 1 aromatic rings. The molecule has 0 fully saturated rings. The quantitative estimate of drug-likeness (QED) is 0.127. The molecule has 0 amide bonds. The monoisotopic (exact) mass is 432 g/mol. The van der Waals surface area contributed by atoms with Gasteiger partial charge < -0.3 is 14.2 Å². The van der Waals surface area contributed by atoms with Crippen LogP contribution in [0, 0.1) is 0 Å². The van der Waals surface area contributed by atoms with Gasteiger partial charge in [0.15, 0.2) is 0 Å². The van der Waals surface area contributed by atoms with Crippen LogP contribution < -0.4 is 9.47 Å². The van der Waals surface area contributed by atoms with Crippen LogP contribution in [0.25, 0.3) is 6.08 Å². The van der Waals surface area contributed by atoms with E-state index in [9.17, 15) is 4.79 Å². The fourth-order valence-electron chi connectivity index (χ4n) is 3.61. The molecular formula is C27H44O4. The molecular weight excluding hydrogens is 388 g/mol. The first-order chi connectivity index (χ1) is 15.2. The van der Waals surface area contributed by atoms with E-state index in [-0.39, 0.29) is 5.97 Å². The first-order valence-electron chi connectivity index (χ1n) is 12.3. The highest BCUT2D eigenvalue weighted by molar-refractivity contribution is 5.87. The number of hydrogen-bond donors (Lipinski definition) is 0.